The van der Waals surface area contributed by atoms with Crippen LogP contribution in [-0.2, 0) is 10.9 Å². The smallest absolute Gasteiger partial charge is 0.416 e. The fraction of sp³-hybridized carbons (Fsp3) is 0.462. The van der Waals surface area contributed by atoms with Gasteiger partial charge in [-0.2, -0.15) is 13.2 Å². The van der Waals surface area contributed by atoms with E-state index in [0.717, 1.165) is 19.2 Å². The second-order valence-corrected chi connectivity index (χ2v) is 4.61. The third kappa shape index (κ3) is 2.87. The van der Waals surface area contributed by atoms with Gasteiger partial charge in [0.1, 0.15) is 0 Å². The lowest BCUT2D eigenvalue weighted by Crippen LogP contribution is -2.24. The maximum absolute atomic E-state index is 12.7. The first-order valence-electron chi connectivity index (χ1n) is 6.05. The number of benzene rings is 1. The van der Waals surface area contributed by atoms with Crippen LogP contribution in [0.3, 0.4) is 0 Å². The predicted octanol–water partition coefficient (Wildman–Crippen LogP) is 2.06. The van der Waals surface area contributed by atoms with Gasteiger partial charge in [0, 0.05) is 13.1 Å². The molecule has 0 radical (unpaired) electrons. The van der Waals surface area contributed by atoms with Crippen molar-refractivity contribution in [3.05, 3.63) is 29.3 Å². The van der Waals surface area contributed by atoms with Crippen LogP contribution in [-0.4, -0.2) is 37.4 Å². The minimum atomic E-state index is -4.52. The van der Waals surface area contributed by atoms with Crippen molar-refractivity contribution in [3.8, 4) is 0 Å². The highest BCUT2D eigenvalue weighted by atomic mass is 19.4. The molecule has 110 valence electrons. The largest absolute Gasteiger partial charge is 0.465 e. The van der Waals surface area contributed by atoms with E-state index in [4.69, 9.17) is 0 Å². The number of nitrogens with zero attached hydrogens (tertiary/aromatic N) is 1. The maximum atomic E-state index is 12.7. The SMILES string of the molecule is COC(=O)c1cc(C(F)(F)F)ccc1N1CCC(O)C1. The molecule has 0 aromatic heterocycles. The quantitative estimate of drug-likeness (QED) is 0.847. The minimum absolute atomic E-state index is 0.142. The molecule has 1 aromatic carbocycles. The van der Waals surface area contributed by atoms with Gasteiger partial charge in [0.2, 0.25) is 0 Å². The van der Waals surface area contributed by atoms with Crippen LogP contribution >= 0.6 is 0 Å². The lowest BCUT2D eigenvalue weighted by Gasteiger charge is -2.21. The number of alkyl halides is 3. The first-order chi connectivity index (χ1) is 9.32. The molecule has 0 spiro atoms. The highest BCUT2D eigenvalue weighted by molar-refractivity contribution is 5.96. The van der Waals surface area contributed by atoms with Gasteiger partial charge in [-0.05, 0) is 24.6 Å². The number of hydrogen-bond donors (Lipinski definition) is 1. The number of hydrogen-bond acceptors (Lipinski definition) is 4. The number of esters is 1. The summed E-state index contributed by atoms with van der Waals surface area (Å²) in [5.74, 6) is -0.826. The summed E-state index contributed by atoms with van der Waals surface area (Å²) in [5, 5.41) is 9.49. The Morgan fingerprint density at radius 2 is 2.15 bits per heavy atom. The highest BCUT2D eigenvalue weighted by Crippen LogP contribution is 2.34. The molecule has 2 rings (SSSR count). The number of carbonyl (C=O) groups excluding carboxylic acids is 1. The number of β-amino-alcohol motifs (C(OH)–C–C–N with tert-alkyl or cyclic N) is 1. The summed E-state index contributed by atoms with van der Waals surface area (Å²) in [6.07, 6.45) is -4.55. The molecule has 0 saturated carbocycles. The zero-order chi connectivity index (χ0) is 14.9. The van der Waals surface area contributed by atoms with Crippen molar-refractivity contribution in [2.75, 3.05) is 25.1 Å². The van der Waals surface area contributed by atoms with Gasteiger partial charge in [-0.15, -0.1) is 0 Å². The molecule has 7 heteroatoms. The van der Waals surface area contributed by atoms with Crippen molar-refractivity contribution in [2.45, 2.75) is 18.7 Å². The van der Waals surface area contributed by atoms with Gasteiger partial charge in [-0.3, -0.25) is 0 Å². The van der Waals surface area contributed by atoms with Crippen LogP contribution in [0, 0.1) is 0 Å². The molecule has 1 unspecified atom stereocenters. The van der Waals surface area contributed by atoms with E-state index in [1.165, 1.54) is 6.07 Å². The van der Waals surface area contributed by atoms with Crippen molar-refractivity contribution < 1.29 is 27.8 Å². The number of rotatable bonds is 2. The zero-order valence-electron chi connectivity index (χ0n) is 10.8. The molecule has 1 saturated heterocycles. The van der Waals surface area contributed by atoms with E-state index in [9.17, 15) is 23.1 Å². The lowest BCUT2D eigenvalue weighted by molar-refractivity contribution is -0.137. The Labute approximate surface area is 113 Å². The maximum Gasteiger partial charge on any atom is 0.416 e. The van der Waals surface area contributed by atoms with Gasteiger partial charge in [-0.1, -0.05) is 0 Å². The zero-order valence-corrected chi connectivity index (χ0v) is 10.8. The minimum Gasteiger partial charge on any atom is -0.465 e. The Hall–Kier alpha value is -1.76. The van der Waals surface area contributed by atoms with E-state index < -0.39 is 23.8 Å². The second-order valence-electron chi connectivity index (χ2n) is 4.61. The van der Waals surface area contributed by atoms with Crippen LogP contribution < -0.4 is 4.90 Å². The van der Waals surface area contributed by atoms with Gasteiger partial charge in [0.25, 0.3) is 0 Å². The van der Waals surface area contributed by atoms with E-state index in [2.05, 4.69) is 4.74 Å². The Kier molecular flexibility index (Phi) is 3.89. The monoisotopic (exact) mass is 289 g/mol. The summed E-state index contributed by atoms with van der Waals surface area (Å²) in [6.45, 7) is 0.770. The molecule has 1 aliphatic rings. The lowest BCUT2D eigenvalue weighted by atomic mass is 10.1. The number of anilines is 1. The van der Waals surface area contributed by atoms with Gasteiger partial charge >= 0.3 is 12.1 Å². The number of carbonyl (C=O) groups is 1. The molecule has 1 atom stereocenters. The van der Waals surface area contributed by atoms with E-state index in [0.29, 0.717) is 18.7 Å². The molecule has 4 nitrogen and oxygen atoms in total. The molecule has 1 aliphatic heterocycles. The highest BCUT2D eigenvalue weighted by Gasteiger charge is 2.33. The van der Waals surface area contributed by atoms with Crippen LogP contribution in [0.5, 0.6) is 0 Å². The average Bonchev–Trinajstić information content (AvgIpc) is 2.82. The van der Waals surface area contributed by atoms with Gasteiger partial charge in [0.15, 0.2) is 0 Å². The Morgan fingerprint density at radius 1 is 1.45 bits per heavy atom. The Morgan fingerprint density at radius 3 is 2.65 bits per heavy atom. The summed E-state index contributed by atoms with van der Waals surface area (Å²) >= 11 is 0. The van der Waals surface area contributed by atoms with Crippen LogP contribution in [0.25, 0.3) is 0 Å². The molecule has 0 bridgehead atoms. The molecule has 0 aliphatic carbocycles. The number of aliphatic hydroxyl groups excluding tert-OH is 1. The summed E-state index contributed by atoms with van der Waals surface area (Å²) in [5.41, 5.74) is -0.695. The molecular formula is C13H14F3NO3. The summed E-state index contributed by atoms with van der Waals surface area (Å²) < 4.78 is 42.6. The number of ether oxygens (including phenoxy) is 1. The molecular weight excluding hydrogens is 275 g/mol. The predicted molar refractivity (Wildman–Crippen MR) is 65.6 cm³/mol. The number of halogens is 3. The number of aliphatic hydroxyl groups is 1. The summed E-state index contributed by atoms with van der Waals surface area (Å²) in [6, 6.07) is 2.95. The van der Waals surface area contributed by atoms with Crippen molar-refractivity contribution in [2.24, 2.45) is 0 Å². The van der Waals surface area contributed by atoms with Crippen LogP contribution in [0.1, 0.15) is 22.3 Å². The first-order valence-corrected chi connectivity index (χ1v) is 6.05. The van der Waals surface area contributed by atoms with Gasteiger partial charge < -0.3 is 14.7 Å². The summed E-state index contributed by atoms with van der Waals surface area (Å²) in [7, 11) is 1.12. The first kappa shape index (κ1) is 14.6. The Bertz CT molecular complexity index is 516. The van der Waals surface area contributed by atoms with E-state index in [1.54, 1.807) is 4.90 Å². The molecule has 1 fully saturated rings. The molecule has 1 heterocycles. The molecule has 1 N–H and O–H groups in total. The topological polar surface area (TPSA) is 49.8 Å². The van der Waals surface area contributed by atoms with E-state index in [-0.39, 0.29) is 12.1 Å². The van der Waals surface area contributed by atoms with Gasteiger partial charge in [0.05, 0.1) is 30.0 Å². The molecule has 20 heavy (non-hydrogen) atoms. The number of methoxy groups -OCH3 is 1. The average molecular weight is 289 g/mol. The van der Waals surface area contributed by atoms with Gasteiger partial charge in [-0.25, -0.2) is 4.79 Å². The molecule has 1 aromatic rings. The van der Waals surface area contributed by atoms with Crippen molar-refractivity contribution in [3.63, 3.8) is 0 Å². The van der Waals surface area contributed by atoms with Crippen molar-refractivity contribution >= 4 is 11.7 Å². The Balaban J connectivity index is 2.43. The van der Waals surface area contributed by atoms with E-state index in [1.807, 2.05) is 0 Å². The third-order valence-electron chi connectivity index (χ3n) is 3.23. The second kappa shape index (κ2) is 5.32. The van der Waals surface area contributed by atoms with Crippen LogP contribution in [0.4, 0.5) is 18.9 Å². The standard InChI is InChI=1S/C13H14F3NO3/c1-20-12(19)10-6-8(13(14,15)16)2-3-11(10)17-5-4-9(18)7-17/h2-3,6,9,18H,4-5,7H2,1H3. The third-order valence-corrected chi connectivity index (χ3v) is 3.23. The normalized spacial score (nSPS) is 19.2. The van der Waals surface area contributed by atoms with E-state index >= 15 is 0 Å². The fourth-order valence-corrected chi connectivity index (χ4v) is 2.22. The fourth-order valence-electron chi connectivity index (χ4n) is 2.22. The van der Waals surface area contributed by atoms with Crippen LogP contribution in [0.2, 0.25) is 0 Å². The van der Waals surface area contributed by atoms with Crippen molar-refractivity contribution in [1.82, 2.24) is 0 Å². The van der Waals surface area contributed by atoms with Crippen molar-refractivity contribution in [1.29, 1.82) is 0 Å². The molecule has 0 amide bonds. The van der Waals surface area contributed by atoms with Crippen LogP contribution in [0.15, 0.2) is 18.2 Å². The summed E-state index contributed by atoms with van der Waals surface area (Å²) in [4.78, 5) is 13.4.